The second-order valence-corrected chi connectivity index (χ2v) is 1.37. The lowest BCUT2D eigenvalue weighted by Gasteiger charge is -1.50. The van der Waals surface area contributed by atoms with Crippen molar-refractivity contribution in [2.75, 3.05) is 6.61 Å². The van der Waals surface area contributed by atoms with Gasteiger partial charge >= 0.3 is 0 Å². The van der Waals surface area contributed by atoms with Crippen LogP contribution in [-0.4, -0.2) is 22.9 Å². The summed E-state index contributed by atoms with van der Waals surface area (Å²) in [4.78, 5) is 0. The van der Waals surface area contributed by atoms with Crippen LogP contribution in [0.5, 0.6) is 0 Å². The summed E-state index contributed by atoms with van der Waals surface area (Å²) >= 11 is 0. The number of hydrogen-bond acceptors (Lipinski definition) is 3. The predicted molar refractivity (Wildman–Crippen MR) is 27.1 cm³/mol. The summed E-state index contributed by atoms with van der Waals surface area (Å²) in [7, 11) is 0. The first-order valence-electron chi connectivity index (χ1n) is 2.21. The monoisotopic (exact) mass is 116 g/mol. The molecule has 2 N–H and O–H groups in total. The van der Waals surface area contributed by atoms with Crippen LogP contribution in [0.3, 0.4) is 0 Å². The highest BCUT2D eigenvalue weighted by Gasteiger charge is 2.13. The highest BCUT2D eigenvalue weighted by molar-refractivity contribution is 4.72. The molecule has 8 heavy (non-hydrogen) atoms. The van der Waals surface area contributed by atoms with Gasteiger partial charge in [-0.1, -0.05) is 0 Å². The van der Waals surface area contributed by atoms with Crippen molar-refractivity contribution >= 4 is 0 Å². The Morgan fingerprint density at radius 1 is 1.50 bits per heavy atom. The third kappa shape index (κ3) is 8.93. The second-order valence-electron chi connectivity index (χ2n) is 1.37. The van der Waals surface area contributed by atoms with E-state index in [-0.39, 0.29) is 0 Å². The molecule has 1 aliphatic heterocycles. The Labute approximate surface area is 47.9 Å². The molecule has 1 fully saturated rings. The van der Waals surface area contributed by atoms with E-state index in [1.807, 2.05) is 0 Å². The van der Waals surface area contributed by atoms with E-state index >= 15 is 0 Å². The number of aliphatic hydroxyl groups excluding tert-OH is 2. The Balaban J connectivity index is 0.000000122. The van der Waals surface area contributed by atoms with Gasteiger partial charge in [-0.15, -0.1) is 0 Å². The van der Waals surface area contributed by atoms with E-state index in [0.29, 0.717) is 6.10 Å². The van der Waals surface area contributed by atoms with E-state index in [4.69, 9.17) is 14.9 Å². The van der Waals surface area contributed by atoms with E-state index < -0.39 is 0 Å². The van der Waals surface area contributed by atoms with Gasteiger partial charge in [-0.2, -0.15) is 0 Å². The molecule has 1 aliphatic rings. The molecule has 1 atom stereocenters. The lowest BCUT2D eigenvalue weighted by atomic mass is 10.6. The summed E-state index contributed by atoms with van der Waals surface area (Å²) in [5, 5.41) is 14.5. The van der Waals surface area contributed by atoms with Crippen molar-refractivity contribution in [3.8, 4) is 12.2 Å². The van der Waals surface area contributed by atoms with E-state index in [2.05, 4.69) is 6.92 Å². The van der Waals surface area contributed by atoms with Gasteiger partial charge in [0.25, 0.3) is 0 Å². The molecule has 1 saturated heterocycles. The number of aliphatic hydroxyl groups is 2. The van der Waals surface area contributed by atoms with Crippen LogP contribution in [0.1, 0.15) is 6.92 Å². The Morgan fingerprint density at radius 2 is 1.75 bits per heavy atom. The molecule has 0 radical (unpaired) electrons. The van der Waals surface area contributed by atoms with Gasteiger partial charge in [-0.05, 0) is 6.92 Å². The minimum absolute atomic E-state index is 0.583. The van der Waals surface area contributed by atoms with Gasteiger partial charge in [0.1, 0.15) is 0 Å². The van der Waals surface area contributed by atoms with Crippen LogP contribution in [0.2, 0.25) is 0 Å². The van der Waals surface area contributed by atoms with Crippen molar-refractivity contribution in [3.05, 3.63) is 0 Å². The normalized spacial score (nSPS) is 21.4. The predicted octanol–water partition coefficient (Wildman–Crippen LogP) is 0.0549. The van der Waals surface area contributed by atoms with Crippen LogP contribution >= 0.6 is 0 Å². The molecule has 0 amide bonds. The summed E-state index contributed by atoms with van der Waals surface area (Å²) in [6, 6.07) is 0. The second kappa shape index (κ2) is 4.28. The van der Waals surface area contributed by atoms with Gasteiger partial charge in [0.15, 0.2) is 12.2 Å². The van der Waals surface area contributed by atoms with Crippen LogP contribution in [0.15, 0.2) is 0 Å². The quantitative estimate of drug-likeness (QED) is 0.347. The van der Waals surface area contributed by atoms with Crippen LogP contribution < -0.4 is 0 Å². The topological polar surface area (TPSA) is 53.0 Å². The van der Waals surface area contributed by atoms with Crippen LogP contribution in [0.25, 0.3) is 0 Å². The number of epoxide rings is 1. The first-order chi connectivity index (χ1) is 3.81. The highest BCUT2D eigenvalue weighted by Crippen LogP contribution is 2.04. The van der Waals surface area contributed by atoms with Gasteiger partial charge < -0.3 is 14.9 Å². The fourth-order valence-electron chi connectivity index (χ4n) is 0.0962. The van der Waals surface area contributed by atoms with Gasteiger partial charge in [0.05, 0.1) is 12.7 Å². The van der Waals surface area contributed by atoms with Crippen LogP contribution in [0, 0.1) is 12.2 Å². The maximum absolute atomic E-state index is 7.26. The molecule has 1 unspecified atom stereocenters. The average molecular weight is 116 g/mol. The Morgan fingerprint density at radius 3 is 1.75 bits per heavy atom. The standard InChI is InChI=1S/C3H6O.C2H2O2/c1-3-2-4-3;3-1-2-4/h3H,2H2,1H3;3-4H. The fraction of sp³-hybridized carbons (Fsp3) is 0.600. The van der Waals surface area contributed by atoms with E-state index in [9.17, 15) is 0 Å². The molecule has 3 heteroatoms. The first kappa shape index (κ1) is 7.12. The molecule has 3 nitrogen and oxygen atoms in total. The molecule has 0 bridgehead atoms. The van der Waals surface area contributed by atoms with Gasteiger partial charge in [0.2, 0.25) is 0 Å². The van der Waals surface area contributed by atoms with Crippen molar-refractivity contribution in [3.63, 3.8) is 0 Å². The molecule has 1 rings (SSSR count). The summed E-state index contributed by atoms with van der Waals surface area (Å²) in [5.74, 6) is 0. The highest BCUT2D eigenvalue weighted by atomic mass is 16.6. The number of ether oxygens (including phenoxy) is 1. The lowest BCUT2D eigenvalue weighted by molar-refractivity contribution is 0.423. The van der Waals surface area contributed by atoms with Gasteiger partial charge in [-0.25, -0.2) is 0 Å². The van der Waals surface area contributed by atoms with Crippen molar-refractivity contribution < 1.29 is 14.9 Å². The summed E-state index contributed by atoms with van der Waals surface area (Å²) in [6.07, 6.45) is 3.06. The van der Waals surface area contributed by atoms with E-state index in [1.165, 1.54) is 12.2 Å². The van der Waals surface area contributed by atoms with Crippen molar-refractivity contribution in [1.82, 2.24) is 0 Å². The maximum atomic E-state index is 7.26. The van der Waals surface area contributed by atoms with Crippen LogP contribution in [-0.2, 0) is 4.74 Å². The molecule has 0 aromatic carbocycles. The zero-order valence-corrected chi connectivity index (χ0v) is 4.59. The molecule has 0 aromatic rings. The molecule has 0 aliphatic carbocycles. The molecule has 0 spiro atoms. The summed E-state index contributed by atoms with van der Waals surface area (Å²) in [6.45, 7) is 3.04. The van der Waals surface area contributed by atoms with E-state index in [1.54, 1.807) is 0 Å². The molecule has 46 valence electrons. The zero-order chi connectivity index (χ0) is 6.41. The summed E-state index contributed by atoms with van der Waals surface area (Å²) < 4.78 is 4.71. The zero-order valence-electron chi connectivity index (χ0n) is 4.59. The van der Waals surface area contributed by atoms with Gasteiger partial charge in [-0.3, -0.25) is 0 Å². The maximum Gasteiger partial charge on any atom is 0.152 e. The third-order valence-corrected chi connectivity index (χ3v) is 0.550. The number of rotatable bonds is 0. The Bertz CT molecular complexity index is 90.0. The van der Waals surface area contributed by atoms with Gasteiger partial charge in [0, 0.05) is 0 Å². The van der Waals surface area contributed by atoms with E-state index in [0.717, 1.165) is 6.61 Å². The van der Waals surface area contributed by atoms with Crippen molar-refractivity contribution in [2.45, 2.75) is 13.0 Å². The smallest absolute Gasteiger partial charge is 0.152 e. The SMILES string of the molecule is CC1CO1.OC#CO. The lowest BCUT2D eigenvalue weighted by Crippen LogP contribution is -1.60. The minimum atomic E-state index is 0.583. The number of hydrogen-bond donors (Lipinski definition) is 2. The molecule has 1 heterocycles. The Hall–Kier alpha value is -0.880. The summed E-state index contributed by atoms with van der Waals surface area (Å²) in [5.41, 5.74) is 0. The fourth-order valence-corrected chi connectivity index (χ4v) is 0.0962. The van der Waals surface area contributed by atoms with Crippen LogP contribution in [0.4, 0.5) is 0 Å². The first-order valence-corrected chi connectivity index (χ1v) is 2.21. The molecule has 0 aromatic heterocycles. The van der Waals surface area contributed by atoms with Crippen molar-refractivity contribution in [2.24, 2.45) is 0 Å². The Kier molecular flexibility index (Phi) is 3.81. The molecular weight excluding hydrogens is 108 g/mol. The largest absolute Gasteiger partial charge is 0.460 e. The van der Waals surface area contributed by atoms with Crippen molar-refractivity contribution in [1.29, 1.82) is 0 Å². The average Bonchev–Trinajstić information content (AvgIpc) is 2.52. The molecular formula is C5H8O3. The minimum Gasteiger partial charge on any atom is -0.460 e. The third-order valence-electron chi connectivity index (χ3n) is 0.550. The molecule has 0 saturated carbocycles.